The average Bonchev–Trinajstić information content (AvgIpc) is 2.89. The van der Waals surface area contributed by atoms with Crippen molar-refractivity contribution in [2.45, 2.75) is 29.2 Å². The summed E-state index contributed by atoms with van der Waals surface area (Å²) < 4.78 is 25.1. The Morgan fingerprint density at radius 3 is 2.05 bits per heavy atom. The predicted molar refractivity (Wildman–Crippen MR) is 87.9 cm³/mol. The second-order valence-electron chi connectivity index (χ2n) is 5.57. The number of hydrogen-bond donors (Lipinski definition) is 0. The Morgan fingerprint density at radius 1 is 0.909 bits per heavy atom. The van der Waals surface area contributed by atoms with Crippen molar-refractivity contribution >= 4 is 15.5 Å². The first-order valence-corrected chi connectivity index (χ1v) is 8.56. The molecule has 0 aromatic heterocycles. The van der Waals surface area contributed by atoms with Crippen LogP contribution in [0.5, 0.6) is 0 Å². The Labute approximate surface area is 131 Å². The number of sulfone groups is 1. The van der Waals surface area contributed by atoms with Crippen LogP contribution in [0.25, 0.3) is 0 Å². The molecule has 3 nitrogen and oxygen atoms in total. The minimum Gasteiger partial charge on any atom is -0.275 e. The third-order valence-electron chi connectivity index (χ3n) is 3.86. The maximum Gasteiger partial charge on any atom is 0.206 e. The van der Waals surface area contributed by atoms with E-state index in [0.717, 1.165) is 11.3 Å². The number of benzene rings is 2. The van der Waals surface area contributed by atoms with Crippen LogP contribution in [0.15, 0.2) is 81.5 Å². The first-order valence-electron chi connectivity index (χ1n) is 7.08. The minimum atomic E-state index is -3.46. The molecule has 0 N–H and O–H groups in total. The molecule has 1 atom stereocenters. The van der Waals surface area contributed by atoms with Gasteiger partial charge in [0, 0.05) is 5.71 Å². The number of rotatable bonds is 3. The van der Waals surface area contributed by atoms with E-state index >= 15 is 0 Å². The van der Waals surface area contributed by atoms with E-state index in [2.05, 4.69) is 4.99 Å². The van der Waals surface area contributed by atoms with E-state index in [0.29, 0.717) is 9.79 Å². The minimum absolute atomic E-state index is 0.300. The molecule has 0 amide bonds. The number of aliphatic imine (C=N–C) groups is 1. The molecule has 0 aliphatic carbocycles. The topological polar surface area (TPSA) is 46.5 Å². The van der Waals surface area contributed by atoms with Crippen molar-refractivity contribution in [2.75, 3.05) is 0 Å². The fourth-order valence-corrected chi connectivity index (χ4v) is 3.87. The molecule has 0 spiro atoms. The summed E-state index contributed by atoms with van der Waals surface area (Å²) in [5.74, 6) is 0. The molecule has 0 saturated heterocycles. The molecule has 1 unspecified atom stereocenters. The SMILES string of the molecule is CC1=NC(C)(c2ccc(S(=O)(=O)c3ccccc3)cc2)C=C1. The van der Waals surface area contributed by atoms with Gasteiger partial charge >= 0.3 is 0 Å². The second kappa shape index (κ2) is 5.21. The van der Waals surface area contributed by atoms with Gasteiger partial charge in [0.25, 0.3) is 0 Å². The molecule has 4 heteroatoms. The standard InChI is InChI=1S/C18H17NO2S/c1-14-12-13-18(2,19-14)15-8-10-17(11-9-15)22(20,21)16-6-4-3-5-7-16/h3-13H,1-2H3. The van der Waals surface area contributed by atoms with Gasteiger partial charge in [-0.2, -0.15) is 0 Å². The van der Waals surface area contributed by atoms with E-state index in [-0.39, 0.29) is 0 Å². The fourth-order valence-electron chi connectivity index (χ4n) is 2.59. The highest BCUT2D eigenvalue weighted by Gasteiger charge is 2.26. The normalized spacial score (nSPS) is 20.9. The molecule has 1 heterocycles. The van der Waals surface area contributed by atoms with E-state index < -0.39 is 15.4 Å². The molecule has 112 valence electrons. The predicted octanol–water partition coefficient (Wildman–Crippen LogP) is 3.77. The quantitative estimate of drug-likeness (QED) is 0.866. The molecule has 1 aliphatic heterocycles. The van der Waals surface area contributed by atoms with Crippen LogP contribution in [0.3, 0.4) is 0 Å². The van der Waals surface area contributed by atoms with Crippen LogP contribution < -0.4 is 0 Å². The highest BCUT2D eigenvalue weighted by molar-refractivity contribution is 7.91. The van der Waals surface area contributed by atoms with Crippen LogP contribution in [-0.2, 0) is 15.4 Å². The zero-order valence-electron chi connectivity index (χ0n) is 12.5. The summed E-state index contributed by atoms with van der Waals surface area (Å²) in [5, 5.41) is 0. The smallest absolute Gasteiger partial charge is 0.206 e. The van der Waals surface area contributed by atoms with Crippen LogP contribution in [0, 0.1) is 0 Å². The van der Waals surface area contributed by atoms with Crippen molar-refractivity contribution in [2.24, 2.45) is 4.99 Å². The van der Waals surface area contributed by atoms with Gasteiger partial charge in [0.15, 0.2) is 0 Å². The Balaban J connectivity index is 1.98. The zero-order valence-corrected chi connectivity index (χ0v) is 13.3. The molecule has 0 radical (unpaired) electrons. The van der Waals surface area contributed by atoms with Gasteiger partial charge in [-0.1, -0.05) is 36.4 Å². The van der Waals surface area contributed by atoms with Crippen molar-refractivity contribution in [1.29, 1.82) is 0 Å². The van der Waals surface area contributed by atoms with Gasteiger partial charge in [-0.05, 0) is 49.8 Å². The van der Waals surface area contributed by atoms with E-state index in [4.69, 9.17) is 0 Å². The van der Waals surface area contributed by atoms with Crippen LogP contribution in [0.1, 0.15) is 19.4 Å². The third-order valence-corrected chi connectivity index (χ3v) is 5.65. The second-order valence-corrected chi connectivity index (χ2v) is 7.52. The Bertz CT molecular complexity index is 850. The fraction of sp³-hybridized carbons (Fsp3) is 0.167. The van der Waals surface area contributed by atoms with Gasteiger partial charge in [-0.3, -0.25) is 4.99 Å². The Morgan fingerprint density at radius 2 is 1.50 bits per heavy atom. The van der Waals surface area contributed by atoms with Crippen molar-refractivity contribution in [3.63, 3.8) is 0 Å². The van der Waals surface area contributed by atoms with Crippen molar-refractivity contribution in [1.82, 2.24) is 0 Å². The molecular formula is C18H17NO2S. The monoisotopic (exact) mass is 311 g/mol. The van der Waals surface area contributed by atoms with Crippen molar-refractivity contribution in [3.05, 3.63) is 72.3 Å². The maximum absolute atomic E-state index is 12.6. The molecule has 0 saturated carbocycles. The van der Waals surface area contributed by atoms with E-state index in [1.165, 1.54) is 0 Å². The summed E-state index contributed by atoms with van der Waals surface area (Å²) in [4.78, 5) is 5.21. The average molecular weight is 311 g/mol. The lowest BCUT2D eigenvalue weighted by atomic mass is 9.94. The Hall–Kier alpha value is -2.20. The summed E-state index contributed by atoms with van der Waals surface area (Å²) in [5.41, 5.74) is 1.55. The van der Waals surface area contributed by atoms with Gasteiger partial charge in [0.1, 0.15) is 5.54 Å². The molecule has 22 heavy (non-hydrogen) atoms. The lowest BCUT2D eigenvalue weighted by molar-refractivity contribution is 0.595. The number of nitrogens with zero attached hydrogens (tertiary/aromatic N) is 1. The molecule has 0 fully saturated rings. The zero-order chi connectivity index (χ0) is 15.8. The van der Waals surface area contributed by atoms with Crippen molar-refractivity contribution in [3.8, 4) is 0 Å². The van der Waals surface area contributed by atoms with E-state index in [9.17, 15) is 8.42 Å². The summed E-state index contributed by atoms with van der Waals surface area (Å²) in [7, 11) is -3.46. The van der Waals surface area contributed by atoms with Crippen LogP contribution in [0.4, 0.5) is 0 Å². The maximum atomic E-state index is 12.6. The largest absolute Gasteiger partial charge is 0.275 e. The number of hydrogen-bond acceptors (Lipinski definition) is 3. The van der Waals surface area contributed by atoms with Crippen LogP contribution in [0.2, 0.25) is 0 Å². The van der Waals surface area contributed by atoms with Crippen molar-refractivity contribution < 1.29 is 8.42 Å². The third kappa shape index (κ3) is 2.50. The van der Waals surface area contributed by atoms with Gasteiger partial charge < -0.3 is 0 Å². The number of allylic oxidation sites excluding steroid dienone is 1. The van der Waals surface area contributed by atoms with Gasteiger partial charge in [-0.15, -0.1) is 0 Å². The lowest BCUT2D eigenvalue weighted by Crippen LogP contribution is -2.14. The molecule has 2 aromatic carbocycles. The van der Waals surface area contributed by atoms with Gasteiger partial charge in [-0.25, -0.2) is 8.42 Å². The first kappa shape index (κ1) is 14.7. The lowest BCUT2D eigenvalue weighted by Gasteiger charge is -2.19. The highest BCUT2D eigenvalue weighted by Crippen LogP contribution is 2.32. The summed E-state index contributed by atoms with van der Waals surface area (Å²) in [6, 6.07) is 15.4. The summed E-state index contributed by atoms with van der Waals surface area (Å²) in [6.07, 6.45) is 4.01. The van der Waals surface area contributed by atoms with Gasteiger partial charge in [0.05, 0.1) is 9.79 Å². The van der Waals surface area contributed by atoms with Crippen LogP contribution in [-0.4, -0.2) is 14.1 Å². The summed E-state index contributed by atoms with van der Waals surface area (Å²) >= 11 is 0. The molecular weight excluding hydrogens is 294 g/mol. The van der Waals surface area contributed by atoms with E-state index in [1.807, 2.05) is 38.1 Å². The Kier molecular flexibility index (Phi) is 3.49. The highest BCUT2D eigenvalue weighted by atomic mass is 32.2. The molecule has 2 aromatic rings. The first-order chi connectivity index (χ1) is 10.4. The van der Waals surface area contributed by atoms with E-state index in [1.54, 1.807) is 42.5 Å². The van der Waals surface area contributed by atoms with Crippen LogP contribution >= 0.6 is 0 Å². The molecule has 1 aliphatic rings. The summed E-state index contributed by atoms with van der Waals surface area (Å²) in [6.45, 7) is 3.97. The molecule has 0 bridgehead atoms. The van der Waals surface area contributed by atoms with Gasteiger partial charge in [0.2, 0.25) is 9.84 Å². The molecule has 3 rings (SSSR count).